The number of rotatable bonds is 5. The third-order valence-corrected chi connectivity index (χ3v) is 6.56. The fourth-order valence-corrected chi connectivity index (χ4v) is 4.87. The van der Waals surface area contributed by atoms with Gasteiger partial charge in [-0.3, -0.25) is 9.36 Å². The highest BCUT2D eigenvalue weighted by Crippen LogP contribution is 2.29. The normalized spacial score (nSPS) is 20.9. The van der Waals surface area contributed by atoms with Crippen LogP contribution >= 0.6 is 0 Å². The number of anilines is 1. The number of fused-ring (bicyclic) bond motifs is 5. The molecule has 0 N–H and O–H groups in total. The fraction of sp³-hybridized carbons (Fsp3) is 0.458. The number of aryl methyl sites for hydroxylation is 1. The summed E-state index contributed by atoms with van der Waals surface area (Å²) in [6, 6.07) is 12.5. The second-order valence-corrected chi connectivity index (χ2v) is 8.52. The van der Waals surface area contributed by atoms with Crippen LogP contribution in [0, 0.1) is 6.92 Å². The van der Waals surface area contributed by atoms with Crippen LogP contribution in [0.15, 0.2) is 41.2 Å². The van der Waals surface area contributed by atoms with Gasteiger partial charge in [0.05, 0.1) is 24.1 Å². The van der Waals surface area contributed by atoms with Gasteiger partial charge in [0.1, 0.15) is 5.69 Å². The van der Waals surface area contributed by atoms with Crippen molar-refractivity contribution in [3.63, 3.8) is 0 Å². The number of hydrogen-bond donors (Lipinski definition) is 0. The lowest BCUT2D eigenvalue weighted by molar-refractivity contribution is 0.186. The Balaban J connectivity index is 1.62. The molecule has 0 atom stereocenters. The summed E-state index contributed by atoms with van der Waals surface area (Å²) in [7, 11) is 1.65. The lowest BCUT2D eigenvalue weighted by Crippen LogP contribution is -2.38. The molecule has 3 fully saturated rings. The van der Waals surface area contributed by atoms with E-state index in [0.717, 1.165) is 24.5 Å². The second kappa shape index (κ2) is 8.40. The van der Waals surface area contributed by atoms with Crippen LogP contribution < -0.4 is 10.5 Å². The van der Waals surface area contributed by atoms with Crippen LogP contribution in [0.25, 0.3) is 22.4 Å². The van der Waals surface area contributed by atoms with Crippen LogP contribution in [-0.2, 0) is 11.3 Å². The summed E-state index contributed by atoms with van der Waals surface area (Å²) >= 11 is 0. The largest absolute Gasteiger partial charge is 0.383 e. The summed E-state index contributed by atoms with van der Waals surface area (Å²) < 4.78 is 6.98. The van der Waals surface area contributed by atoms with E-state index in [1.165, 1.54) is 25.9 Å². The first-order valence-corrected chi connectivity index (χ1v) is 11.1. The molecule has 31 heavy (non-hydrogen) atoms. The van der Waals surface area contributed by atoms with E-state index in [-0.39, 0.29) is 5.56 Å². The maximum Gasteiger partial charge on any atom is 0.261 e. The lowest BCUT2D eigenvalue weighted by atomic mass is 10.0. The van der Waals surface area contributed by atoms with Crippen molar-refractivity contribution in [3.05, 3.63) is 52.4 Å². The summed E-state index contributed by atoms with van der Waals surface area (Å²) in [4.78, 5) is 28.1. The van der Waals surface area contributed by atoms with E-state index in [2.05, 4.69) is 20.9 Å². The van der Waals surface area contributed by atoms with Crippen LogP contribution in [0.5, 0.6) is 0 Å². The smallest absolute Gasteiger partial charge is 0.261 e. The van der Waals surface area contributed by atoms with Gasteiger partial charge in [-0.25, -0.2) is 9.97 Å². The summed E-state index contributed by atoms with van der Waals surface area (Å²) in [5.74, 6) is 0.590. The van der Waals surface area contributed by atoms with Crippen molar-refractivity contribution in [2.75, 3.05) is 44.8 Å². The van der Waals surface area contributed by atoms with E-state index in [1.807, 2.05) is 37.3 Å². The fourth-order valence-electron chi connectivity index (χ4n) is 4.87. The molecular formula is C24H29N5O2. The topological polar surface area (TPSA) is 63.5 Å². The van der Waals surface area contributed by atoms with E-state index in [4.69, 9.17) is 9.72 Å². The first kappa shape index (κ1) is 20.2. The molecule has 2 bridgehead atoms. The van der Waals surface area contributed by atoms with Gasteiger partial charge in [0, 0.05) is 50.7 Å². The Labute approximate surface area is 182 Å². The highest BCUT2D eigenvalue weighted by atomic mass is 16.5. The number of methoxy groups -OCH3 is 1. The molecule has 3 aliphatic rings. The highest BCUT2D eigenvalue weighted by molar-refractivity contribution is 5.83. The van der Waals surface area contributed by atoms with Gasteiger partial charge >= 0.3 is 0 Å². The molecule has 0 aliphatic carbocycles. The number of piperidine rings is 1. The van der Waals surface area contributed by atoms with Crippen LogP contribution in [0.1, 0.15) is 18.5 Å². The number of benzene rings is 1. The first-order valence-electron chi connectivity index (χ1n) is 11.1. The lowest BCUT2D eigenvalue weighted by Gasteiger charge is -2.33. The van der Waals surface area contributed by atoms with Gasteiger partial charge in [-0.05, 0) is 50.1 Å². The van der Waals surface area contributed by atoms with Gasteiger partial charge in [-0.2, -0.15) is 0 Å². The van der Waals surface area contributed by atoms with Crippen molar-refractivity contribution in [1.29, 1.82) is 0 Å². The molecule has 6 rings (SSSR count). The molecule has 0 saturated carbocycles. The standard InChI is InChI=1S/C24H29N5O2/c1-17-4-3-5-22(25-17)23-26-21-7-6-19(16-20(21)24(30)29(23)14-15-31-2)28-13-12-27-10-8-18(28)9-11-27/h3-7,16,18H,8-15H2,1-2H3. The van der Waals surface area contributed by atoms with Gasteiger partial charge < -0.3 is 14.5 Å². The van der Waals surface area contributed by atoms with Crippen molar-refractivity contribution in [3.8, 4) is 11.5 Å². The molecule has 2 aromatic heterocycles. The Bertz CT molecular complexity index is 1150. The molecule has 3 aliphatic heterocycles. The number of nitrogens with zero attached hydrogens (tertiary/aromatic N) is 5. The maximum absolute atomic E-state index is 13.6. The van der Waals surface area contributed by atoms with Gasteiger partial charge in [0.15, 0.2) is 5.82 Å². The molecule has 3 saturated heterocycles. The third-order valence-electron chi connectivity index (χ3n) is 6.56. The van der Waals surface area contributed by atoms with Crippen molar-refractivity contribution >= 4 is 16.6 Å². The molecule has 5 heterocycles. The van der Waals surface area contributed by atoms with Crippen molar-refractivity contribution in [2.24, 2.45) is 0 Å². The Morgan fingerprint density at radius 2 is 1.90 bits per heavy atom. The number of hydrogen-bond acceptors (Lipinski definition) is 6. The maximum atomic E-state index is 13.6. The summed E-state index contributed by atoms with van der Waals surface area (Å²) in [6.07, 6.45) is 2.37. The molecule has 0 amide bonds. The summed E-state index contributed by atoms with van der Waals surface area (Å²) in [5, 5.41) is 0.657. The number of pyridine rings is 1. The SMILES string of the molecule is COCCn1c(-c2cccc(C)n2)nc2ccc(N3CCN4CCC3CC4)cc2c1=O. The molecule has 3 aromatic rings. The minimum Gasteiger partial charge on any atom is -0.383 e. The first-order chi connectivity index (χ1) is 15.1. The monoisotopic (exact) mass is 419 g/mol. The average Bonchev–Trinajstić information content (AvgIpc) is 3.12. The van der Waals surface area contributed by atoms with Crippen LogP contribution in [0.3, 0.4) is 0 Å². The molecule has 0 radical (unpaired) electrons. The number of aromatic nitrogens is 3. The summed E-state index contributed by atoms with van der Waals surface area (Å²) in [6.45, 7) is 7.26. The van der Waals surface area contributed by atoms with E-state index in [9.17, 15) is 4.79 Å². The van der Waals surface area contributed by atoms with E-state index in [1.54, 1.807) is 11.7 Å². The molecule has 0 unspecified atom stereocenters. The zero-order valence-corrected chi connectivity index (χ0v) is 18.3. The Kier molecular flexibility index (Phi) is 5.46. The van der Waals surface area contributed by atoms with Gasteiger partial charge in [0.25, 0.3) is 5.56 Å². The Morgan fingerprint density at radius 1 is 1.06 bits per heavy atom. The van der Waals surface area contributed by atoms with E-state index < -0.39 is 0 Å². The minimum absolute atomic E-state index is 0.0370. The molecule has 1 aromatic carbocycles. The van der Waals surface area contributed by atoms with Crippen molar-refractivity contribution in [1.82, 2.24) is 19.4 Å². The van der Waals surface area contributed by atoms with E-state index >= 15 is 0 Å². The van der Waals surface area contributed by atoms with Crippen LogP contribution in [0.4, 0.5) is 5.69 Å². The third kappa shape index (κ3) is 3.83. The number of ether oxygens (including phenoxy) is 1. The van der Waals surface area contributed by atoms with Crippen molar-refractivity contribution in [2.45, 2.75) is 32.4 Å². The van der Waals surface area contributed by atoms with E-state index in [0.29, 0.717) is 41.6 Å². The zero-order valence-electron chi connectivity index (χ0n) is 18.3. The highest BCUT2D eigenvalue weighted by Gasteiger charge is 2.29. The summed E-state index contributed by atoms with van der Waals surface area (Å²) in [5.41, 5.74) is 3.40. The Hall–Kier alpha value is -2.77. The minimum atomic E-state index is -0.0370. The zero-order chi connectivity index (χ0) is 21.4. The Morgan fingerprint density at radius 3 is 2.68 bits per heavy atom. The van der Waals surface area contributed by atoms with Crippen molar-refractivity contribution < 1.29 is 4.74 Å². The quantitative estimate of drug-likeness (QED) is 0.634. The average molecular weight is 420 g/mol. The molecular weight excluding hydrogens is 390 g/mol. The van der Waals surface area contributed by atoms with Crippen LogP contribution in [0.2, 0.25) is 0 Å². The molecule has 0 spiro atoms. The van der Waals surface area contributed by atoms with Crippen LogP contribution in [-0.4, -0.2) is 65.4 Å². The predicted molar refractivity (Wildman–Crippen MR) is 123 cm³/mol. The van der Waals surface area contributed by atoms with Gasteiger partial charge in [0.2, 0.25) is 0 Å². The molecule has 7 nitrogen and oxygen atoms in total. The predicted octanol–water partition coefficient (Wildman–Crippen LogP) is 2.70. The molecule has 7 heteroatoms. The van der Waals surface area contributed by atoms with Gasteiger partial charge in [-0.1, -0.05) is 6.07 Å². The molecule has 162 valence electrons. The van der Waals surface area contributed by atoms with Gasteiger partial charge in [-0.15, -0.1) is 0 Å². The second-order valence-electron chi connectivity index (χ2n) is 8.52.